The second-order valence-corrected chi connectivity index (χ2v) is 13.7. The summed E-state index contributed by atoms with van der Waals surface area (Å²) in [4.78, 5) is 30.3. The van der Waals surface area contributed by atoms with Gasteiger partial charge in [0.05, 0.1) is 21.9 Å². The summed E-state index contributed by atoms with van der Waals surface area (Å²) in [5, 5.41) is 2.16. The van der Waals surface area contributed by atoms with Gasteiger partial charge in [-0.05, 0) is 61.7 Å². The molecule has 2 N–H and O–H groups in total. The number of thioether (sulfide) groups is 1. The second kappa shape index (κ2) is 9.75. The van der Waals surface area contributed by atoms with Crippen LogP contribution in [0.3, 0.4) is 0 Å². The number of anilines is 1. The van der Waals surface area contributed by atoms with Crippen molar-refractivity contribution in [2.24, 2.45) is 5.73 Å². The molecule has 2 aliphatic heterocycles. The lowest BCUT2D eigenvalue weighted by Gasteiger charge is -2.60. The van der Waals surface area contributed by atoms with Crippen LogP contribution in [0.4, 0.5) is 10.6 Å². The minimum absolute atomic E-state index is 0.192. The highest BCUT2D eigenvalue weighted by atomic mass is 32.2. The number of rotatable bonds is 6. The number of urea groups is 1. The van der Waals surface area contributed by atoms with Crippen molar-refractivity contribution < 1.29 is 13.2 Å². The number of aromatic nitrogens is 5. The predicted molar refractivity (Wildman–Crippen MR) is 151 cm³/mol. The highest BCUT2D eigenvalue weighted by Gasteiger charge is 2.57. The first-order valence-corrected chi connectivity index (χ1v) is 15.9. The smallest absolute Gasteiger partial charge is 0.315 e. The van der Waals surface area contributed by atoms with E-state index >= 15 is 0 Å². The van der Waals surface area contributed by atoms with Gasteiger partial charge in [0.1, 0.15) is 17.2 Å². The van der Waals surface area contributed by atoms with Gasteiger partial charge in [-0.25, -0.2) is 32.1 Å². The van der Waals surface area contributed by atoms with Gasteiger partial charge in [0, 0.05) is 19.3 Å². The third-order valence-corrected chi connectivity index (χ3v) is 10.8. The molecule has 5 heterocycles. The highest BCUT2D eigenvalue weighted by Crippen LogP contribution is 2.51. The number of aryl methyl sites for hydroxylation is 1. The van der Waals surface area contributed by atoms with Crippen LogP contribution in [0.5, 0.6) is 0 Å². The zero-order valence-electron chi connectivity index (χ0n) is 21.5. The normalized spacial score (nSPS) is 21.4. The van der Waals surface area contributed by atoms with Crippen LogP contribution in [0.1, 0.15) is 42.8 Å². The number of nitrogens with two attached hydrogens (primary N) is 1. The van der Waals surface area contributed by atoms with Crippen molar-refractivity contribution in [2.75, 3.05) is 23.7 Å². The van der Waals surface area contributed by atoms with Crippen LogP contribution in [0, 0.1) is 6.92 Å². The van der Waals surface area contributed by atoms with Crippen molar-refractivity contribution >= 4 is 56.2 Å². The lowest BCUT2D eigenvalue weighted by Crippen LogP contribution is -2.70. The largest absolute Gasteiger partial charge is 0.354 e. The number of hydrogen-bond acceptors (Lipinski definition) is 10. The predicted octanol–water partition coefficient (Wildman–Crippen LogP) is 3.80. The molecule has 2 fully saturated rings. The average molecular weight is 585 g/mol. The number of carbonyl (C=O) groups excluding carboxylic acids is 1. The Labute approximate surface area is 234 Å². The molecule has 0 bridgehead atoms. The van der Waals surface area contributed by atoms with E-state index in [0.29, 0.717) is 23.4 Å². The first-order chi connectivity index (χ1) is 18.7. The number of likely N-dealkylation sites (tertiary alicyclic amines) is 1. The minimum atomic E-state index is -3.84. The Balaban J connectivity index is 1.31. The van der Waals surface area contributed by atoms with Crippen LogP contribution in [0.15, 0.2) is 52.9 Å². The summed E-state index contributed by atoms with van der Waals surface area (Å²) in [5.74, 6) is 1.52. The molecule has 4 aromatic rings. The number of primary amides is 1. The van der Waals surface area contributed by atoms with Crippen LogP contribution in [0.25, 0.3) is 11.0 Å². The first kappa shape index (κ1) is 26.0. The minimum Gasteiger partial charge on any atom is -0.354 e. The molecule has 2 atom stereocenters. The van der Waals surface area contributed by atoms with Crippen LogP contribution in [-0.4, -0.2) is 67.0 Å². The zero-order chi connectivity index (χ0) is 27.4. The fourth-order valence-corrected chi connectivity index (χ4v) is 8.49. The number of fused-ring (bicyclic) bond motifs is 1. The Morgan fingerprint density at radius 1 is 1.23 bits per heavy atom. The van der Waals surface area contributed by atoms with Crippen molar-refractivity contribution in [3.63, 3.8) is 0 Å². The van der Waals surface area contributed by atoms with E-state index in [1.807, 2.05) is 13.8 Å². The molecule has 2 aliphatic rings. The molecule has 2 unspecified atom stereocenters. The molecule has 14 heteroatoms. The van der Waals surface area contributed by atoms with Gasteiger partial charge in [-0.3, -0.25) is 0 Å². The van der Waals surface area contributed by atoms with Crippen LogP contribution >= 0.6 is 23.3 Å². The molecule has 39 heavy (non-hydrogen) atoms. The number of carbonyl (C=O) groups is 1. The van der Waals surface area contributed by atoms with Crippen molar-refractivity contribution in [3.05, 3.63) is 53.4 Å². The fourth-order valence-electron chi connectivity index (χ4n) is 5.74. The van der Waals surface area contributed by atoms with Crippen LogP contribution in [0.2, 0.25) is 0 Å². The maximum absolute atomic E-state index is 13.4. The van der Waals surface area contributed by atoms with Gasteiger partial charge in [0.2, 0.25) is 0 Å². The maximum atomic E-state index is 13.4. The Kier molecular flexibility index (Phi) is 6.50. The first-order valence-electron chi connectivity index (χ1n) is 12.7. The standard InChI is InChI=1S/C25H28N8O3S3/c1-3-37-24-29-22(38-30-24)19-13-25(33(19)23(26)34)10-4-11-31(14-25)20-18-9-12-32(21(18)28-15-27-20)39(35,36)17-7-5-16(2)6-8-17/h5-9,12,15,19H,3-4,10-11,13-14H2,1-2H3,(H2,26,34). The van der Waals surface area contributed by atoms with E-state index in [-0.39, 0.29) is 10.9 Å². The van der Waals surface area contributed by atoms with E-state index in [2.05, 4.69) is 24.2 Å². The molecule has 0 radical (unpaired) electrons. The molecule has 1 aromatic carbocycles. The van der Waals surface area contributed by atoms with Gasteiger partial charge >= 0.3 is 6.03 Å². The molecule has 2 amide bonds. The summed E-state index contributed by atoms with van der Waals surface area (Å²) < 4.78 is 32.5. The van der Waals surface area contributed by atoms with Gasteiger partial charge in [-0.2, -0.15) is 4.37 Å². The summed E-state index contributed by atoms with van der Waals surface area (Å²) in [6, 6.07) is 7.80. The Morgan fingerprint density at radius 3 is 2.77 bits per heavy atom. The van der Waals surface area contributed by atoms with Crippen LogP contribution < -0.4 is 10.6 Å². The Morgan fingerprint density at radius 2 is 2.03 bits per heavy atom. The average Bonchev–Trinajstić information content (AvgIpc) is 3.55. The van der Waals surface area contributed by atoms with Crippen LogP contribution in [-0.2, 0) is 10.0 Å². The third kappa shape index (κ3) is 4.34. The molecule has 11 nitrogen and oxygen atoms in total. The molecule has 3 aromatic heterocycles. The highest BCUT2D eigenvalue weighted by molar-refractivity contribution is 7.99. The van der Waals surface area contributed by atoms with E-state index in [9.17, 15) is 13.2 Å². The second-order valence-electron chi connectivity index (χ2n) is 9.89. The van der Waals surface area contributed by atoms with Crippen molar-refractivity contribution in [2.45, 2.75) is 54.7 Å². The number of hydrogen-bond donors (Lipinski definition) is 1. The lowest BCUT2D eigenvalue weighted by atomic mass is 9.73. The lowest BCUT2D eigenvalue weighted by molar-refractivity contribution is -0.0413. The maximum Gasteiger partial charge on any atom is 0.315 e. The summed E-state index contributed by atoms with van der Waals surface area (Å²) in [5.41, 5.74) is 6.75. The number of nitrogens with zero attached hydrogens (tertiary/aromatic N) is 7. The van der Waals surface area contributed by atoms with E-state index in [1.54, 1.807) is 47.0 Å². The molecule has 204 valence electrons. The molecular formula is C25H28N8O3S3. The molecule has 1 spiro atoms. The number of benzene rings is 1. The monoisotopic (exact) mass is 584 g/mol. The molecule has 0 saturated carbocycles. The van der Waals surface area contributed by atoms with Gasteiger partial charge in [-0.15, -0.1) is 0 Å². The SMILES string of the molecule is CCSc1nsc(C2CC3(CCCN(c4ncnc5c4ccn5S(=O)(=O)c4ccc(C)cc4)C3)N2C(N)=O)n1. The van der Waals surface area contributed by atoms with E-state index in [4.69, 9.17) is 5.73 Å². The molecule has 0 aliphatic carbocycles. The van der Waals surface area contributed by atoms with Gasteiger partial charge < -0.3 is 15.5 Å². The van der Waals surface area contributed by atoms with Gasteiger partial charge in [0.25, 0.3) is 10.0 Å². The Bertz CT molecular complexity index is 1650. The van der Waals surface area contributed by atoms with Crippen molar-refractivity contribution in [1.82, 2.24) is 28.2 Å². The van der Waals surface area contributed by atoms with Crippen molar-refractivity contribution in [1.29, 1.82) is 0 Å². The molecular weight excluding hydrogens is 557 g/mol. The number of piperidine rings is 1. The third-order valence-electron chi connectivity index (χ3n) is 7.47. The number of amides is 2. The van der Waals surface area contributed by atoms with E-state index in [0.717, 1.165) is 47.3 Å². The summed E-state index contributed by atoms with van der Waals surface area (Å²) in [7, 11) is -3.84. The van der Waals surface area contributed by atoms with E-state index < -0.39 is 21.6 Å². The summed E-state index contributed by atoms with van der Waals surface area (Å²) in [6.07, 6.45) is 5.29. The zero-order valence-corrected chi connectivity index (χ0v) is 24.0. The van der Waals surface area contributed by atoms with E-state index in [1.165, 1.54) is 28.0 Å². The summed E-state index contributed by atoms with van der Waals surface area (Å²) in [6.45, 7) is 5.21. The quantitative estimate of drug-likeness (QED) is 0.335. The van der Waals surface area contributed by atoms with Crippen molar-refractivity contribution in [3.8, 4) is 0 Å². The molecule has 2 saturated heterocycles. The molecule has 6 rings (SSSR count). The fraction of sp³-hybridized carbons (Fsp3) is 0.400. The van der Waals surface area contributed by atoms with Gasteiger partial charge in [-0.1, -0.05) is 36.4 Å². The summed E-state index contributed by atoms with van der Waals surface area (Å²) >= 11 is 2.89. The van der Waals surface area contributed by atoms with Gasteiger partial charge in [0.15, 0.2) is 10.8 Å². The topological polar surface area (TPSA) is 140 Å². The Hall–Kier alpha value is -3.23.